The minimum Gasteiger partial charge on any atom is -0.455 e. The van der Waals surface area contributed by atoms with Crippen molar-refractivity contribution in [2.75, 3.05) is 0 Å². The molecule has 3 aliphatic heterocycles. The normalized spacial score (nSPS) is 13.8. The predicted octanol–water partition coefficient (Wildman–Crippen LogP) is 34.5. The number of furan rings is 5. The van der Waals surface area contributed by atoms with Crippen molar-refractivity contribution in [3.8, 4) is 45.0 Å². The average Bonchev–Trinajstić information content (AvgIpc) is 1.59. The number of nitrogens with zero attached hydrogens (tertiary/aromatic N) is 5. The first-order valence-corrected chi connectivity index (χ1v) is 54.7. The van der Waals surface area contributed by atoms with Crippen LogP contribution in [0.1, 0.15) is 119 Å². The first-order chi connectivity index (χ1) is 65.9. The fourth-order valence-corrected chi connectivity index (χ4v) is 18.5. The van der Waals surface area contributed by atoms with Crippen molar-refractivity contribution in [1.82, 2.24) is 24.9 Å². The molecule has 13 heterocycles. The van der Waals surface area contributed by atoms with Gasteiger partial charge in [0, 0.05) is 123 Å². The molecule has 0 amide bonds. The van der Waals surface area contributed by atoms with Gasteiger partial charge in [-0.25, -0.2) is 4.98 Å². The summed E-state index contributed by atoms with van der Waals surface area (Å²) in [6.45, 7) is 22.7. The van der Waals surface area contributed by atoms with Crippen molar-refractivity contribution in [2.45, 2.75) is 135 Å². The minimum absolute atomic E-state index is 0.385. The van der Waals surface area contributed by atoms with Gasteiger partial charge in [0.2, 0.25) is 0 Å². The fourth-order valence-electron chi connectivity index (χ4n) is 17.3. The van der Waals surface area contributed by atoms with Gasteiger partial charge < -0.3 is 38.3 Å². The number of aromatic nitrogens is 5. The molecule has 10 aromatic heterocycles. The number of rotatable bonds is 10. The van der Waals surface area contributed by atoms with Crippen molar-refractivity contribution in [1.29, 1.82) is 0 Å². The van der Waals surface area contributed by atoms with Crippen LogP contribution in [0.15, 0.2) is 350 Å². The summed E-state index contributed by atoms with van der Waals surface area (Å²) >= 11 is 31.5. The summed E-state index contributed by atoms with van der Waals surface area (Å²) in [6.07, 6.45) is 35.4. The van der Waals surface area contributed by atoms with E-state index in [0.717, 1.165) is 203 Å². The van der Waals surface area contributed by atoms with Crippen molar-refractivity contribution >= 4 is 198 Å². The molecule has 0 aliphatic carbocycles. The number of halogens is 6. The smallest absolute Gasteiger partial charge is 0.144 e. The van der Waals surface area contributed by atoms with E-state index in [0.29, 0.717) is 31.3 Å². The Morgan fingerprint density at radius 2 is 0.741 bits per heavy atom. The number of aryl methyl sites for hydroxylation is 6. The molecule has 20 aromatic rings. The molecule has 0 saturated carbocycles. The zero-order chi connectivity index (χ0) is 94.1. The SMILES string of the molecule is C1=C\CCc2cccc3c2oc2c(cccc23)-c2cc(ccn2)CC/1.C=CCCc1ccnc(-c2cccc3c2oc2c(CCC=C)cccc23)c1.C=CC[CH2-].CC1(C)OB(c2cccc3c2oc2c(Cl)cccc23)OC1(C)C.Clc1ccnc(-c2cccc3c2oc2c(Cl)cccc23)c1.Clc1ccnc(Br)c1.[Zn+][Br].c1cc2c3oc4c(cccc4c3c1)-c1cc(ccn1)CCCCCC2. The molecule has 0 spiro atoms. The zero-order valence-corrected chi connectivity index (χ0v) is 85.1. The van der Waals surface area contributed by atoms with Gasteiger partial charge in [0.1, 0.15) is 49.3 Å². The Bertz CT molecular complexity index is 7650. The summed E-state index contributed by atoms with van der Waals surface area (Å²) in [5.41, 5.74) is 24.6. The van der Waals surface area contributed by atoms with E-state index in [4.69, 9.17) is 77.8 Å². The maximum atomic E-state index is 6.42. The van der Waals surface area contributed by atoms with Crippen LogP contribution in [0.3, 0.4) is 0 Å². The van der Waals surface area contributed by atoms with Gasteiger partial charge in [0.15, 0.2) is 11.2 Å². The number of allylic oxidation sites excluding steroid dienone is 5. The molecule has 1 fully saturated rings. The average molecular weight is 2040 g/mol. The topological polar surface area (TPSA) is 149 Å². The second kappa shape index (κ2) is 45.1. The molecular formula is C115H100BBr2Cl4N5O7Zn. The molecule has 0 atom stereocenters. The Morgan fingerprint density at radius 3 is 1.23 bits per heavy atom. The molecule has 20 heteroatoms. The van der Waals surface area contributed by atoms with Crippen LogP contribution in [0, 0.1) is 6.92 Å². The van der Waals surface area contributed by atoms with E-state index >= 15 is 0 Å². The quantitative estimate of drug-likeness (QED) is 0.0555. The number of hydrogen-bond acceptors (Lipinski definition) is 12. The number of fused-ring (bicyclic) bond motifs is 17. The molecule has 674 valence electrons. The van der Waals surface area contributed by atoms with Crippen LogP contribution in [-0.4, -0.2) is 43.2 Å². The maximum Gasteiger partial charge on any atom is 0.144 e. The van der Waals surface area contributed by atoms with E-state index in [1.807, 2.05) is 137 Å². The summed E-state index contributed by atoms with van der Waals surface area (Å²) in [6, 6.07) is 82.0. The van der Waals surface area contributed by atoms with E-state index in [1.54, 1.807) is 36.7 Å². The van der Waals surface area contributed by atoms with E-state index in [1.165, 1.54) is 97.0 Å². The van der Waals surface area contributed by atoms with E-state index in [2.05, 4.69) is 239 Å². The molecule has 0 N–H and O–H groups in total. The third kappa shape index (κ3) is 22.0. The van der Waals surface area contributed by atoms with Gasteiger partial charge in [-0.15, -0.1) is 25.8 Å². The first kappa shape index (κ1) is 96.7. The molecule has 10 aromatic carbocycles. The first-order valence-electron chi connectivity index (χ1n) is 45.5. The van der Waals surface area contributed by atoms with Gasteiger partial charge in [0.05, 0.1) is 44.0 Å². The molecule has 0 radical (unpaired) electrons. The molecule has 0 unspecified atom stereocenters. The van der Waals surface area contributed by atoms with Crippen molar-refractivity contribution in [3.63, 3.8) is 0 Å². The number of hydrogen-bond donors (Lipinski definition) is 0. The van der Waals surface area contributed by atoms with E-state index in [-0.39, 0.29) is 11.2 Å². The predicted molar refractivity (Wildman–Crippen MR) is 567 cm³/mol. The zero-order valence-electron chi connectivity index (χ0n) is 75.9. The number of benzene rings is 10. The van der Waals surface area contributed by atoms with Gasteiger partial charge in [-0.1, -0.05) is 229 Å². The van der Waals surface area contributed by atoms with Crippen LogP contribution in [-0.2, 0) is 64.2 Å². The van der Waals surface area contributed by atoms with Gasteiger partial charge in [-0.2, -0.15) is 6.42 Å². The summed E-state index contributed by atoms with van der Waals surface area (Å²) in [5.74, 6) is 0. The van der Waals surface area contributed by atoms with Crippen LogP contribution < -0.4 is 5.46 Å². The van der Waals surface area contributed by atoms with E-state index in [9.17, 15) is 0 Å². The van der Waals surface area contributed by atoms with Gasteiger partial charge >= 0.3 is 37.1 Å². The Kier molecular flexibility index (Phi) is 32.3. The largest absolute Gasteiger partial charge is 0.455 e. The Hall–Kier alpha value is -11.4. The molecule has 3 aliphatic rings. The number of pyridine rings is 5. The second-order valence-corrected chi connectivity index (χ2v) is 36.7. The van der Waals surface area contributed by atoms with Gasteiger partial charge in [-0.05, 0) is 251 Å². The third-order valence-corrected chi connectivity index (χ3v) is 26.3. The van der Waals surface area contributed by atoms with Crippen molar-refractivity contribution in [2.24, 2.45) is 0 Å². The Labute approximate surface area is 832 Å². The van der Waals surface area contributed by atoms with E-state index < -0.39 is 7.12 Å². The van der Waals surface area contributed by atoms with Crippen LogP contribution in [0.25, 0.3) is 155 Å². The van der Waals surface area contributed by atoms with Gasteiger partial charge in [0.25, 0.3) is 0 Å². The summed E-state index contributed by atoms with van der Waals surface area (Å²) in [4.78, 5) is 22.1. The van der Waals surface area contributed by atoms with Crippen molar-refractivity contribution < 1.29 is 47.7 Å². The third-order valence-electron chi connectivity index (χ3n) is 24.8. The summed E-state index contributed by atoms with van der Waals surface area (Å²) in [5, 5.41) is 13.7. The van der Waals surface area contributed by atoms with Crippen LogP contribution >= 0.6 is 76.0 Å². The molecule has 135 heavy (non-hydrogen) atoms. The number of para-hydroxylation sites is 10. The minimum atomic E-state index is -0.456. The van der Waals surface area contributed by atoms with Gasteiger partial charge in [-0.3, -0.25) is 19.9 Å². The van der Waals surface area contributed by atoms with Crippen molar-refractivity contribution in [3.05, 3.63) is 389 Å². The van der Waals surface area contributed by atoms with Crippen LogP contribution in [0.5, 0.6) is 0 Å². The molecule has 12 nitrogen and oxygen atoms in total. The summed E-state index contributed by atoms with van der Waals surface area (Å²) in [7, 11) is -0.456. The standard InChI is InChI=1S/C25H23NO.C23H21NO.C23H19NO.C18H18BClO3.C17H9Cl2NO.C5H3BrClN.C4H7.BrH.Zn/c1-3-5-9-18-15-16-26-23(17-18)22-14-8-13-21-20-12-7-11-19(10-6-4-2)24(20)27-25(21)22;2*1-2-4-8-17-9-5-10-18-19-11-6-12-20(23(19)25-22(17)18)21-15-16(7-3-1)13-14-24-21;1-17(2)18(3,4)23-19(22-17)13-9-5-7-11-12-8-6-10-14(20)16(12)21-15(11)13;18-10-7-8-20-15(9-10)13-5-1-3-11-12-4-2-6-14(19)17(12)21-16(11)13;6-5-3-4(7)1-2-8-5;1-3-4-2;;/h3-4,7-8,11-17H,1-2,5-6,9-10H2;5-6,9-15H,1-4,7-8H2;1-2,5-6,9-15H,3-4,7-8H2;5-10H,1-4H3;1-9H;1-3H;3H,1-2,4H2;1H;/q;;;;;;-1;;+2/p-1/b;;2-1-;;;;;;. The molecule has 8 bridgehead atoms. The Balaban J connectivity index is 0.000000118. The van der Waals surface area contributed by atoms with Crippen LogP contribution in [0.4, 0.5) is 0 Å². The molecule has 23 rings (SSSR count). The molecular weight excluding hydrogens is 1940 g/mol. The monoisotopic (exact) mass is 2040 g/mol. The molecule has 1 saturated heterocycles. The second-order valence-electron chi connectivity index (χ2n) is 34.2. The Morgan fingerprint density at radius 1 is 0.370 bits per heavy atom. The maximum absolute atomic E-state index is 6.42. The fraction of sp³-hybridized carbons (Fsp3) is 0.183. The van der Waals surface area contributed by atoms with Crippen LogP contribution in [0.2, 0.25) is 20.1 Å². The summed E-state index contributed by atoms with van der Waals surface area (Å²) < 4.78 is 44.4.